The number of hydrogen-bond donors (Lipinski definition) is 2. The van der Waals surface area contributed by atoms with Crippen LogP contribution in [0, 0.1) is 0 Å². The van der Waals surface area contributed by atoms with Crippen LogP contribution in [-0.4, -0.2) is 37.9 Å². The molecule has 19 heavy (non-hydrogen) atoms. The number of carboxylic acids is 1. The summed E-state index contributed by atoms with van der Waals surface area (Å²) in [5.74, 6) is -0.699. The molecule has 0 fully saturated rings. The molecule has 1 heterocycles. The molecule has 0 bridgehead atoms. The highest BCUT2D eigenvalue weighted by molar-refractivity contribution is 7.92. The lowest BCUT2D eigenvalue weighted by Gasteiger charge is -2.32. The van der Waals surface area contributed by atoms with Gasteiger partial charge in [0.1, 0.15) is 5.75 Å². The lowest BCUT2D eigenvalue weighted by atomic mass is 10.1. The van der Waals surface area contributed by atoms with Crippen molar-refractivity contribution in [1.29, 1.82) is 0 Å². The van der Waals surface area contributed by atoms with Gasteiger partial charge in [0.15, 0.2) is 9.84 Å². The standard InChI is InChI=1S/C12H15NO5S/c1-7-10(6-11(14)15)19(16,17)9-5-3-4-8(18-2)12(9)13-7/h3-5,7,10,13H,6H2,1-2H3,(H,14,15). The predicted octanol–water partition coefficient (Wildman–Crippen LogP) is 1.13. The number of aliphatic carboxylic acids is 1. The van der Waals surface area contributed by atoms with Gasteiger partial charge in [-0.05, 0) is 19.1 Å². The van der Waals surface area contributed by atoms with E-state index in [-0.39, 0.29) is 4.90 Å². The summed E-state index contributed by atoms with van der Waals surface area (Å²) in [6.07, 6.45) is -0.423. The van der Waals surface area contributed by atoms with Crippen LogP contribution in [0.2, 0.25) is 0 Å². The molecule has 2 rings (SSSR count). The van der Waals surface area contributed by atoms with Crippen LogP contribution in [0.3, 0.4) is 0 Å². The molecular weight excluding hydrogens is 270 g/mol. The van der Waals surface area contributed by atoms with Gasteiger partial charge in [0, 0.05) is 6.04 Å². The number of anilines is 1. The molecule has 6 nitrogen and oxygen atoms in total. The normalized spacial score (nSPS) is 24.1. The van der Waals surface area contributed by atoms with Gasteiger partial charge in [0.25, 0.3) is 0 Å². The molecule has 0 saturated heterocycles. The van der Waals surface area contributed by atoms with Crippen molar-refractivity contribution in [3.05, 3.63) is 18.2 Å². The largest absolute Gasteiger partial charge is 0.495 e. The minimum atomic E-state index is -3.68. The molecule has 0 aliphatic carbocycles. The molecule has 0 saturated carbocycles. The molecule has 0 spiro atoms. The van der Waals surface area contributed by atoms with Crippen LogP contribution in [0.5, 0.6) is 5.75 Å². The summed E-state index contributed by atoms with van der Waals surface area (Å²) < 4.78 is 30.0. The number of hydrogen-bond acceptors (Lipinski definition) is 5. The molecule has 2 N–H and O–H groups in total. The third kappa shape index (κ3) is 2.25. The Morgan fingerprint density at radius 2 is 2.16 bits per heavy atom. The molecule has 7 heteroatoms. The molecule has 1 aromatic rings. The van der Waals surface area contributed by atoms with Gasteiger partial charge < -0.3 is 15.2 Å². The van der Waals surface area contributed by atoms with E-state index in [1.165, 1.54) is 13.2 Å². The Balaban J connectivity index is 2.57. The second-order valence-electron chi connectivity index (χ2n) is 4.45. The molecule has 1 aliphatic rings. The van der Waals surface area contributed by atoms with Crippen molar-refractivity contribution in [3.63, 3.8) is 0 Å². The number of rotatable bonds is 3. The van der Waals surface area contributed by atoms with E-state index in [4.69, 9.17) is 9.84 Å². The van der Waals surface area contributed by atoms with Gasteiger partial charge in [-0.25, -0.2) is 8.42 Å². The average Bonchev–Trinajstić information content (AvgIpc) is 2.34. The van der Waals surface area contributed by atoms with Gasteiger partial charge in [-0.1, -0.05) is 6.07 Å². The quantitative estimate of drug-likeness (QED) is 0.864. The predicted molar refractivity (Wildman–Crippen MR) is 69.3 cm³/mol. The van der Waals surface area contributed by atoms with E-state index in [2.05, 4.69) is 5.32 Å². The first-order valence-corrected chi connectivity index (χ1v) is 7.31. The number of nitrogens with one attached hydrogen (secondary N) is 1. The van der Waals surface area contributed by atoms with Gasteiger partial charge in [-0.3, -0.25) is 4.79 Å². The van der Waals surface area contributed by atoms with E-state index >= 15 is 0 Å². The van der Waals surface area contributed by atoms with E-state index in [1.807, 2.05) is 0 Å². The topological polar surface area (TPSA) is 92.7 Å². The Bertz CT molecular complexity index is 611. The van der Waals surface area contributed by atoms with Gasteiger partial charge >= 0.3 is 5.97 Å². The minimum absolute atomic E-state index is 0.0937. The number of carboxylic acid groups (broad SMARTS) is 1. The zero-order chi connectivity index (χ0) is 14.2. The molecule has 1 aromatic carbocycles. The van der Waals surface area contributed by atoms with Gasteiger partial charge in [-0.15, -0.1) is 0 Å². The minimum Gasteiger partial charge on any atom is -0.495 e. The SMILES string of the molecule is COc1cccc2c1NC(C)C(CC(=O)O)S2(=O)=O. The Kier molecular flexibility index (Phi) is 3.40. The van der Waals surface area contributed by atoms with Crippen molar-refractivity contribution in [3.8, 4) is 5.75 Å². The Morgan fingerprint density at radius 1 is 1.47 bits per heavy atom. The second kappa shape index (κ2) is 4.73. The molecule has 1 aliphatic heterocycles. The maximum atomic E-state index is 12.5. The van der Waals surface area contributed by atoms with E-state index in [0.717, 1.165) is 0 Å². The first-order valence-electron chi connectivity index (χ1n) is 5.77. The molecular formula is C12H15NO5S. The molecule has 0 aromatic heterocycles. The number of para-hydroxylation sites is 1. The summed E-state index contributed by atoms with van der Waals surface area (Å²) in [5, 5.41) is 10.9. The summed E-state index contributed by atoms with van der Waals surface area (Å²) in [6.45, 7) is 1.65. The zero-order valence-electron chi connectivity index (χ0n) is 10.6. The van der Waals surface area contributed by atoms with Crippen LogP contribution in [0.1, 0.15) is 13.3 Å². The van der Waals surface area contributed by atoms with Crippen molar-refractivity contribution in [2.24, 2.45) is 0 Å². The molecule has 0 amide bonds. The van der Waals surface area contributed by atoms with Gasteiger partial charge in [-0.2, -0.15) is 0 Å². The number of carbonyl (C=O) groups is 1. The van der Waals surface area contributed by atoms with Gasteiger partial charge in [0.2, 0.25) is 0 Å². The smallest absolute Gasteiger partial charge is 0.304 e. The maximum absolute atomic E-state index is 12.5. The number of methoxy groups -OCH3 is 1. The number of benzene rings is 1. The Morgan fingerprint density at radius 3 is 2.74 bits per heavy atom. The summed E-state index contributed by atoms with van der Waals surface area (Å²) in [5.41, 5.74) is 0.402. The van der Waals surface area contributed by atoms with Gasteiger partial charge in [0.05, 0.1) is 29.4 Å². The first-order chi connectivity index (χ1) is 8.87. The van der Waals surface area contributed by atoms with E-state index < -0.39 is 33.5 Å². The molecule has 2 unspecified atom stereocenters. The van der Waals surface area contributed by atoms with Crippen LogP contribution in [0.25, 0.3) is 0 Å². The highest BCUT2D eigenvalue weighted by atomic mass is 32.2. The maximum Gasteiger partial charge on any atom is 0.304 e. The van der Waals surface area contributed by atoms with Crippen molar-refractivity contribution < 1.29 is 23.1 Å². The monoisotopic (exact) mass is 285 g/mol. The van der Waals surface area contributed by atoms with E-state index in [9.17, 15) is 13.2 Å². The lowest BCUT2D eigenvalue weighted by molar-refractivity contribution is -0.137. The van der Waals surface area contributed by atoms with Crippen molar-refractivity contribution in [2.45, 2.75) is 29.5 Å². The average molecular weight is 285 g/mol. The summed E-state index contributed by atoms with van der Waals surface area (Å²) >= 11 is 0. The van der Waals surface area contributed by atoms with Crippen LogP contribution in [0.15, 0.2) is 23.1 Å². The van der Waals surface area contributed by atoms with E-state index in [1.54, 1.807) is 19.1 Å². The third-order valence-electron chi connectivity index (χ3n) is 3.22. The third-order valence-corrected chi connectivity index (χ3v) is 5.54. The van der Waals surface area contributed by atoms with Crippen LogP contribution < -0.4 is 10.1 Å². The first kappa shape index (κ1) is 13.7. The highest BCUT2D eigenvalue weighted by Crippen LogP contribution is 2.39. The molecule has 0 radical (unpaired) electrons. The summed E-state index contributed by atoms with van der Waals surface area (Å²) in [6, 6.07) is 4.20. The summed E-state index contributed by atoms with van der Waals surface area (Å²) in [7, 11) is -2.23. The Hall–Kier alpha value is -1.76. The second-order valence-corrected chi connectivity index (χ2v) is 6.58. The molecule has 2 atom stereocenters. The van der Waals surface area contributed by atoms with Crippen molar-refractivity contribution in [1.82, 2.24) is 0 Å². The molecule has 104 valence electrons. The van der Waals surface area contributed by atoms with E-state index in [0.29, 0.717) is 11.4 Å². The highest BCUT2D eigenvalue weighted by Gasteiger charge is 2.40. The summed E-state index contributed by atoms with van der Waals surface area (Å²) in [4.78, 5) is 10.9. The number of ether oxygens (including phenoxy) is 1. The Labute approximate surface area is 111 Å². The van der Waals surface area contributed by atoms with Crippen LogP contribution in [-0.2, 0) is 14.6 Å². The zero-order valence-corrected chi connectivity index (χ0v) is 11.4. The van der Waals surface area contributed by atoms with Crippen molar-refractivity contribution >= 4 is 21.5 Å². The fourth-order valence-electron chi connectivity index (χ4n) is 2.27. The van der Waals surface area contributed by atoms with Crippen molar-refractivity contribution in [2.75, 3.05) is 12.4 Å². The number of sulfone groups is 1. The van der Waals surface area contributed by atoms with Crippen LogP contribution >= 0.6 is 0 Å². The van der Waals surface area contributed by atoms with Crippen LogP contribution in [0.4, 0.5) is 5.69 Å². The number of fused-ring (bicyclic) bond motifs is 1. The lowest BCUT2D eigenvalue weighted by Crippen LogP contribution is -2.43. The fraction of sp³-hybridized carbons (Fsp3) is 0.417. The fourth-order valence-corrected chi connectivity index (χ4v) is 4.28.